The van der Waals surface area contributed by atoms with Crippen molar-refractivity contribution in [1.82, 2.24) is 25.4 Å². The summed E-state index contributed by atoms with van der Waals surface area (Å²) in [6.45, 7) is 6.76. The number of aryl methyl sites for hydroxylation is 1. The van der Waals surface area contributed by atoms with Crippen molar-refractivity contribution in [3.63, 3.8) is 0 Å². The van der Waals surface area contributed by atoms with Crippen LogP contribution in [0.2, 0.25) is 0 Å². The van der Waals surface area contributed by atoms with E-state index in [2.05, 4.69) is 25.4 Å². The molecule has 1 aromatic heterocycles. The van der Waals surface area contributed by atoms with Crippen LogP contribution in [0.15, 0.2) is 0 Å². The standard InChI is InChI=1S/C14H23N5O/c1-10(12-18-17-11-5-3-8-19(11)12)16-13(20)14(2)6-4-7-15-9-14/h10,15H,3-9H2,1-2H3,(H,16,20). The number of hydrogen-bond donors (Lipinski definition) is 2. The molecule has 3 heterocycles. The molecule has 1 fully saturated rings. The Morgan fingerprint density at radius 2 is 2.30 bits per heavy atom. The lowest BCUT2D eigenvalue weighted by atomic mass is 9.81. The van der Waals surface area contributed by atoms with Crippen LogP contribution in [0.1, 0.15) is 50.8 Å². The number of nitrogens with zero attached hydrogens (tertiary/aromatic N) is 3. The minimum absolute atomic E-state index is 0.0828. The Morgan fingerprint density at radius 1 is 1.45 bits per heavy atom. The maximum atomic E-state index is 12.5. The van der Waals surface area contributed by atoms with E-state index >= 15 is 0 Å². The fraction of sp³-hybridized carbons (Fsp3) is 0.786. The van der Waals surface area contributed by atoms with Gasteiger partial charge in [0.15, 0.2) is 5.82 Å². The summed E-state index contributed by atoms with van der Waals surface area (Å²) in [6.07, 6.45) is 4.12. The predicted molar refractivity (Wildman–Crippen MR) is 75.1 cm³/mol. The SMILES string of the molecule is CC(NC(=O)C1(C)CCCNC1)c1nnc2n1CCC2. The van der Waals surface area contributed by atoms with E-state index in [9.17, 15) is 4.79 Å². The second-order valence-corrected chi connectivity index (χ2v) is 6.27. The van der Waals surface area contributed by atoms with Gasteiger partial charge in [-0.3, -0.25) is 4.79 Å². The van der Waals surface area contributed by atoms with Crippen LogP contribution in [-0.2, 0) is 17.8 Å². The number of fused-ring (bicyclic) bond motifs is 1. The molecule has 2 aliphatic rings. The number of rotatable bonds is 3. The first-order valence-electron chi connectivity index (χ1n) is 7.54. The van der Waals surface area contributed by atoms with Crippen LogP contribution in [0.4, 0.5) is 0 Å². The summed E-state index contributed by atoms with van der Waals surface area (Å²) in [5.41, 5.74) is -0.305. The van der Waals surface area contributed by atoms with Crippen LogP contribution < -0.4 is 10.6 Å². The molecule has 2 aliphatic heterocycles. The van der Waals surface area contributed by atoms with Gasteiger partial charge in [0.25, 0.3) is 0 Å². The topological polar surface area (TPSA) is 71.8 Å². The first-order chi connectivity index (χ1) is 9.60. The summed E-state index contributed by atoms with van der Waals surface area (Å²) in [5.74, 6) is 2.05. The van der Waals surface area contributed by atoms with E-state index in [1.165, 1.54) is 0 Å². The summed E-state index contributed by atoms with van der Waals surface area (Å²) < 4.78 is 2.15. The van der Waals surface area contributed by atoms with Crippen LogP contribution >= 0.6 is 0 Å². The first kappa shape index (κ1) is 13.5. The highest BCUT2D eigenvalue weighted by atomic mass is 16.2. The minimum Gasteiger partial charge on any atom is -0.346 e. The lowest BCUT2D eigenvalue weighted by molar-refractivity contribution is -0.131. The van der Waals surface area contributed by atoms with Gasteiger partial charge < -0.3 is 15.2 Å². The van der Waals surface area contributed by atoms with Crippen LogP contribution in [0, 0.1) is 5.41 Å². The van der Waals surface area contributed by atoms with Crippen molar-refractivity contribution < 1.29 is 4.79 Å². The summed E-state index contributed by atoms with van der Waals surface area (Å²) >= 11 is 0. The maximum absolute atomic E-state index is 12.5. The van der Waals surface area contributed by atoms with Gasteiger partial charge in [0, 0.05) is 19.5 Å². The van der Waals surface area contributed by atoms with Gasteiger partial charge in [-0.1, -0.05) is 0 Å². The molecule has 110 valence electrons. The van der Waals surface area contributed by atoms with Crippen LogP contribution in [0.5, 0.6) is 0 Å². The van der Waals surface area contributed by atoms with Crippen molar-refractivity contribution in [2.45, 2.75) is 52.1 Å². The Bertz CT molecular complexity index is 504. The van der Waals surface area contributed by atoms with Crippen molar-refractivity contribution in [3.05, 3.63) is 11.6 Å². The molecule has 3 rings (SSSR count). The van der Waals surface area contributed by atoms with Crippen LogP contribution in [0.25, 0.3) is 0 Å². The molecule has 0 saturated carbocycles. The fourth-order valence-electron chi connectivity index (χ4n) is 3.18. The summed E-state index contributed by atoms with van der Waals surface area (Å²) in [4.78, 5) is 12.5. The van der Waals surface area contributed by atoms with Gasteiger partial charge in [0.2, 0.25) is 5.91 Å². The third kappa shape index (κ3) is 2.32. The van der Waals surface area contributed by atoms with Gasteiger partial charge in [-0.2, -0.15) is 0 Å². The average molecular weight is 277 g/mol. The Kier molecular flexibility index (Phi) is 3.50. The van der Waals surface area contributed by atoms with Crippen LogP contribution in [0.3, 0.4) is 0 Å². The zero-order valence-electron chi connectivity index (χ0n) is 12.3. The quantitative estimate of drug-likeness (QED) is 0.857. The second kappa shape index (κ2) is 5.16. The summed E-state index contributed by atoms with van der Waals surface area (Å²) in [6, 6.07) is -0.0828. The third-order valence-corrected chi connectivity index (χ3v) is 4.52. The number of nitrogens with one attached hydrogen (secondary N) is 2. The molecule has 2 unspecified atom stereocenters. The smallest absolute Gasteiger partial charge is 0.227 e. The zero-order chi connectivity index (χ0) is 14.2. The van der Waals surface area contributed by atoms with Crippen molar-refractivity contribution in [2.24, 2.45) is 5.41 Å². The first-order valence-corrected chi connectivity index (χ1v) is 7.54. The van der Waals surface area contributed by atoms with Crippen molar-refractivity contribution in [1.29, 1.82) is 0 Å². The molecule has 1 aromatic rings. The zero-order valence-corrected chi connectivity index (χ0v) is 12.3. The van der Waals surface area contributed by atoms with E-state index in [0.717, 1.165) is 57.0 Å². The number of hydrogen-bond acceptors (Lipinski definition) is 4. The van der Waals surface area contributed by atoms with Gasteiger partial charge in [0.1, 0.15) is 5.82 Å². The van der Waals surface area contributed by atoms with E-state index in [0.29, 0.717) is 0 Å². The molecule has 20 heavy (non-hydrogen) atoms. The van der Waals surface area contributed by atoms with Gasteiger partial charge >= 0.3 is 0 Å². The number of amides is 1. The van der Waals surface area contributed by atoms with Gasteiger partial charge in [-0.15, -0.1) is 10.2 Å². The maximum Gasteiger partial charge on any atom is 0.227 e. The summed E-state index contributed by atoms with van der Waals surface area (Å²) in [5, 5.41) is 14.9. The highest BCUT2D eigenvalue weighted by molar-refractivity contribution is 5.82. The van der Waals surface area contributed by atoms with Crippen LogP contribution in [-0.4, -0.2) is 33.8 Å². The molecule has 0 bridgehead atoms. The Hall–Kier alpha value is -1.43. The molecule has 1 amide bonds. The molecule has 6 nitrogen and oxygen atoms in total. The van der Waals surface area contributed by atoms with Gasteiger partial charge in [0.05, 0.1) is 11.5 Å². The molecule has 2 atom stereocenters. The highest BCUT2D eigenvalue weighted by Crippen LogP contribution is 2.27. The van der Waals surface area contributed by atoms with Crippen molar-refractivity contribution in [2.75, 3.05) is 13.1 Å². The fourth-order valence-corrected chi connectivity index (χ4v) is 3.18. The van der Waals surface area contributed by atoms with Crippen molar-refractivity contribution in [3.8, 4) is 0 Å². The van der Waals surface area contributed by atoms with Gasteiger partial charge in [-0.25, -0.2) is 0 Å². The molecule has 0 aromatic carbocycles. The largest absolute Gasteiger partial charge is 0.346 e. The average Bonchev–Trinajstić information content (AvgIpc) is 3.01. The number of carbonyl (C=O) groups excluding carboxylic acids is 1. The monoisotopic (exact) mass is 277 g/mol. The molecular weight excluding hydrogens is 254 g/mol. The third-order valence-electron chi connectivity index (χ3n) is 4.52. The van der Waals surface area contributed by atoms with Crippen molar-refractivity contribution >= 4 is 5.91 Å². The van der Waals surface area contributed by atoms with E-state index in [1.54, 1.807) is 0 Å². The Balaban J connectivity index is 1.69. The summed E-state index contributed by atoms with van der Waals surface area (Å²) in [7, 11) is 0. The molecule has 0 radical (unpaired) electrons. The van der Waals surface area contributed by atoms with Gasteiger partial charge in [-0.05, 0) is 39.7 Å². The molecule has 0 spiro atoms. The molecular formula is C14H23N5O. The molecule has 6 heteroatoms. The van der Waals surface area contributed by atoms with E-state index in [4.69, 9.17) is 0 Å². The number of carbonyl (C=O) groups is 1. The number of aromatic nitrogens is 3. The molecule has 2 N–H and O–H groups in total. The highest BCUT2D eigenvalue weighted by Gasteiger charge is 2.36. The Morgan fingerprint density at radius 3 is 3.05 bits per heavy atom. The Labute approximate surface area is 119 Å². The normalized spacial score (nSPS) is 27.1. The lowest BCUT2D eigenvalue weighted by Gasteiger charge is -2.33. The second-order valence-electron chi connectivity index (χ2n) is 6.27. The van der Waals surface area contributed by atoms with E-state index in [1.807, 2.05) is 13.8 Å². The van der Waals surface area contributed by atoms with E-state index in [-0.39, 0.29) is 17.4 Å². The minimum atomic E-state index is -0.305. The molecule has 0 aliphatic carbocycles. The predicted octanol–water partition coefficient (Wildman–Crippen LogP) is 0.791. The lowest BCUT2D eigenvalue weighted by Crippen LogP contribution is -2.49. The molecule has 1 saturated heterocycles. The number of piperidine rings is 1. The van der Waals surface area contributed by atoms with E-state index < -0.39 is 0 Å².